The fraction of sp³-hybridized carbons (Fsp3) is 0.625. The first-order chi connectivity index (χ1) is 5.40. The fourth-order valence-corrected chi connectivity index (χ4v) is 1.14. The van der Waals surface area contributed by atoms with Crippen molar-refractivity contribution < 1.29 is 4.42 Å². The number of hydrogen-bond donors (Lipinski definition) is 1. The number of rotatable bonds is 2. The summed E-state index contributed by atoms with van der Waals surface area (Å²) < 4.78 is 5.49. The van der Waals surface area contributed by atoms with E-state index < -0.39 is 0 Å². The van der Waals surface area contributed by atoms with Crippen molar-refractivity contribution in [1.29, 1.82) is 0 Å². The molecule has 1 aliphatic rings. The average Bonchev–Trinajstić information content (AvgIpc) is 2.32. The van der Waals surface area contributed by atoms with Gasteiger partial charge in [0.25, 0.3) is 0 Å². The van der Waals surface area contributed by atoms with Crippen LogP contribution >= 0.6 is 0 Å². The molecule has 1 fully saturated rings. The van der Waals surface area contributed by atoms with Gasteiger partial charge in [-0.1, -0.05) is 6.92 Å². The molecule has 0 aromatic carbocycles. The van der Waals surface area contributed by atoms with Crippen molar-refractivity contribution in [2.45, 2.75) is 19.3 Å². The Hall–Kier alpha value is -0.830. The normalized spacial score (nSPS) is 18.3. The summed E-state index contributed by atoms with van der Waals surface area (Å²) >= 11 is 0. The lowest BCUT2D eigenvalue weighted by Gasteiger charge is -2.23. The van der Waals surface area contributed by atoms with Crippen LogP contribution in [-0.2, 0) is 6.42 Å². The van der Waals surface area contributed by atoms with Gasteiger partial charge in [0.2, 0.25) is 0 Å². The van der Waals surface area contributed by atoms with E-state index in [2.05, 4.69) is 17.2 Å². The third-order valence-corrected chi connectivity index (χ3v) is 2.05. The molecule has 0 spiro atoms. The summed E-state index contributed by atoms with van der Waals surface area (Å²) in [5, 5.41) is 3.19. The molecule has 1 N–H and O–H groups in total. The summed E-state index contributed by atoms with van der Waals surface area (Å²) in [5.41, 5.74) is 0. The maximum atomic E-state index is 5.49. The van der Waals surface area contributed by atoms with Gasteiger partial charge >= 0.3 is 0 Å². The Balaban J connectivity index is 2.11. The molecule has 1 aromatic rings. The van der Waals surface area contributed by atoms with Crippen LogP contribution in [0.3, 0.4) is 0 Å². The Bertz CT molecular complexity index is 240. The predicted molar refractivity (Wildman–Crippen MR) is 41.5 cm³/mol. The topological polar surface area (TPSA) is 38.1 Å². The van der Waals surface area contributed by atoms with Gasteiger partial charge in [0.05, 0.1) is 12.1 Å². The monoisotopic (exact) mass is 152 g/mol. The van der Waals surface area contributed by atoms with Crippen LogP contribution in [0.5, 0.6) is 0 Å². The Labute approximate surface area is 65.8 Å². The van der Waals surface area contributed by atoms with Crippen LogP contribution in [0.25, 0.3) is 0 Å². The van der Waals surface area contributed by atoms with Gasteiger partial charge in [0.15, 0.2) is 5.89 Å². The van der Waals surface area contributed by atoms with Crippen LogP contribution < -0.4 is 5.32 Å². The van der Waals surface area contributed by atoms with E-state index in [4.69, 9.17) is 4.42 Å². The van der Waals surface area contributed by atoms with E-state index in [0.29, 0.717) is 5.92 Å². The molecule has 1 aliphatic heterocycles. The molecule has 0 saturated carbocycles. The molecule has 1 saturated heterocycles. The number of aromatic nitrogens is 1. The van der Waals surface area contributed by atoms with Crippen LogP contribution in [-0.4, -0.2) is 18.1 Å². The van der Waals surface area contributed by atoms with E-state index in [1.165, 1.54) is 0 Å². The van der Waals surface area contributed by atoms with Crippen molar-refractivity contribution in [2.24, 2.45) is 0 Å². The van der Waals surface area contributed by atoms with Gasteiger partial charge in [0, 0.05) is 19.5 Å². The molecule has 1 aromatic heterocycles. The highest BCUT2D eigenvalue weighted by atomic mass is 16.4. The van der Waals surface area contributed by atoms with Gasteiger partial charge in [-0.2, -0.15) is 0 Å². The molecule has 0 amide bonds. The number of oxazole rings is 1. The van der Waals surface area contributed by atoms with E-state index >= 15 is 0 Å². The molecule has 0 aliphatic carbocycles. The quantitative estimate of drug-likeness (QED) is 0.685. The molecule has 60 valence electrons. The Morgan fingerprint density at radius 1 is 1.73 bits per heavy atom. The first-order valence-corrected chi connectivity index (χ1v) is 4.05. The summed E-state index contributed by atoms with van der Waals surface area (Å²) in [6, 6.07) is 0. The first kappa shape index (κ1) is 6.85. The van der Waals surface area contributed by atoms with Crippen molar-refractivity contribution in [3.05, 3.63) is 17.8 Å². The second-order valence-electron chi connectivity index (χ2n) is 2.87. The SMILES string of the molecule is CCc1cnc(C2CNC2)o1. The minimum Gasteiger partial charge on any atom is -0.445 e. The maximum absolute atomic E-state index is 5.49. The Morgan fingerprint density at radius 2 is 2.55 bits per heavy atom. The smallest absolute Gasteiger partial charge is 0.200 e. The summed E-state index contributed by atoms with van der Waals surface area (Å²) in [5.74, 6) is 2.42. The highest BCUT2D eigenvalue weighted by molar-refractivity contribution is 5.03. The minimum atomic E-state index is 0.523. The lowest BCUT2D eigenvalue weighted by Crippen LogP contribution is -2.40. The highest BCUT2D eigenvalue weighted by Crippen LogP contribution is 2.19. The van der Waals surface area contributed by atoms with Crippen molar-refractivity contribution in [1.82, 2.24) is 10.3 Å². The Kier molecular flexibility index (Phi) is 1.66. The minimum absolute atomic E-state index is 0.523. The molecule has 3 nitrogen and oxygen atoms in total. The molecule has 2 rings (SSSR count). The molecule has 0 bridgehead atoms. The zero-order valence-corrected chi connectivity index (χ0v) is 6.63. The van der Waals surface area contributed by atoms with E-state index in [0.717, 1.165) is 31.2 Å². The van der Waals surface area contributed by atoms with E-state index in [9.17, 15) is 0 Å². The summed E-state index contributed by atoms with van der Waals surface area (Å²) in [4.78, 5) is 4.20. The van der Waals surface area contributed by atoms with Gasteiger partial charge in [-0.25, -0.2) is 4.98 Å². The standard InChI is InChI=1S/C8H12N2O/c1-2-7-5-10-8(11-7)6-3-9-4-6/h5-6,9H,2-4H2,1H3. The molecule has 0 radical (unpaired) electrons. The molecule has 2 heterocycles. The lowest BCUT2D eigenvalue weighted by atomic mass is 10.0. The van der Waals surface area contributed by atoms with E-state index in [1.807, 2.05) is 6.20 Å². The van der Waals surface area contributed by atoms with Crippen molar-refractivity contribution in [3.8, 4) is 0 Å². The van der Waals surface area contributed by atoms with Gasteiger partial charge in [-0.3, -0.25) is 0 Å². The molecule has 3 heteroatoms. The first-order valence-electron chi connectivity index (χ1n) is 4.05. The van der Waals surface area contributed by atoms with Gasteiger partial charge in [-0.15, -0.1) is 0 Å². The van der Waals surface area contributed by atoms with Crippen LogP contribution in [0.1, 0.15) is 24.5 Å². The van der Waals surface area contributed by atoms with Crippen molar-refractivity contribution in [3.63, 3.8) is 0 Å². The summed E-state index contributed by atoms with van der Waals surface area (Å²) in [6.45, 7) is 4.11. The third kappa shape index (κ3) is 1.16. The molecule has 0 atom stereocenters. The zero-order valence-electron chi connectivity index (χ0n) is 6.63. The second kappa shape index (κ2) is 2.66. The van der Waals surface area contributed by atoms with E-state index in [-0.39, 0.29) is 0 Å². The van der Waals surface area contributed by atoms with Crippen LogP contribution in [0.2, 0.25) is 0 Å². The third-order valence-electron chi connectivity index (χ3n) is 2.05. The zero-order chi connectivity index (χ0) is 7.68. The highest BCUT2D eigenvalue weighted by Gasteiger charge is 2.23. The number of nitrogens with one attached hydrogen (secondary N) is 1. The maximum Gasteiger partial charge on any atom is 0.200 e. The predicted octanol–water partition coefficient (Wildman–Crippen LogP) is 0.924. The van der Waals surface area contributed by atoms with Gasteiger partial charge in [0.1, 0.15) is 5.76 Å². The summed E-state index contributed by atoms with van der Waals surface area (Å²) in [7, 11) is 0. The summed E-state index contributed by atoms with van der Waals surface area (Å²) in [6.07, 6.45) is 2.76. The number of hydrogen-bond acceptors (Lipinski definition) is 3. The molecule has 11 heavy (non-hydrogen) atoms. The Morgan fingerprint density at radius 3 is 3.00 bits per heavy atom. The lowest BCUT2D eigenvalue weighted by molar-refractivity contribution is 0.346. The number of nitrogens with zero attached hydrogens (tertiary/aromatic N) is 1. The average molecular weight is 152 g/mol. The molecular weight excluding hydrogens is 140 g/mol. The fourth-order valence-electron chi connectivity index (χ4n) is 1.14. The van der Waals surface area contributed by atoms with Gasteiger partial charge < -0.3 is 9.73 Å². The molecular formula is C8H12N2O. The van der Waals surface area contributed by atoms with Gasteiger partial charge in [-0.05, 0) is 0 Å². The molecule has 0 unspecified atom stereocenters. The number of aryl methyl sites for hydroxylation is 1. The van der Waals surface area contributed by atoms with Crippen LogP contribution in [0, 0.1) is 0 Å². The van der Waals surface area contributed by atoms with Crippen molar-refractivity contribution in [2.75, 3.05) is 13.1 Å². The van der Waals surface area contributed by atoms with Crippen molar-refractivity contribution >= 4 is 0 Å². The van der Waals surface area contributed by atoms with E-state index in [1.54, 1.807) is 0 Å². The van der Waals surface area contributed by atoms with Crippen LogP contribution in [0.15, 0.2) is 10.6 Å². The second-order valence-corrected chi connectivity index (χ2v) is 2.87. The largest absolute Gasteiger partial charge is 0.445 e. The van der Waals surface area contributed by atoms with Crippen LogP contribution in [0.4, 0.5) is 0 Å².